The zero-order chi connectivity index (χ0) is 9.52. The van der Waals surface area contributed by atoms with Gasteiger partial charge in [-0.15, -0.1) is 0 Å². The van der Waals surface area contributed by atoms with E-state index in [1.807, 2.05) is 0 Å². The maximum Gasteiger partial charge on any atom is 0.250 e. The van der Waals surface area contributed by atoms with Gasteiger partial charge in [-0.1, -0.05) is 0 Å². The third-order valence-corrected chi connectivity index (χ3v) is 2.01. The van der Waals surface area contributed by atoms with Crippen molar-refractivity contribution < 1.29 is 13.5 Å². The molecular formula is C8H16F2N2O. The highest BCUT2D eigenvalue weighted by Crippen LogP contribution is 1.95. The van der Waals surface area contributed by atoms with E-state index < -0.39 is 6.43 Å². The van der Waals surface area contributed by atoms with E-state index in [-0.39, 0.29) is 6.54 Å². The normalized spacial score (nSPS) is 19.6. The summed E-state index contributed by atoms with van der Waals surface area (Å²) < 4.78 is 28.6. The van der Waals surface area contributed by atoms with E-state index in [1.54, 1.807) is 0 Å². The Kier molecular flexibility index (Phi) is 5.19. The number of morpholine rings is 1. The van der Waals surface area contributed by atoms with Crippen molar-refractivity contribution >= 4 is 0 Å². The molecule has 0 atom stereocenters. The van der Waals surface area contributed by atoms with Crippen LogP contribution in [0.25, 0.3) is 0 Å². The van der Waals surface area contributed by atoms with Gasteiger partial charge in [-0.05, 0) is 0 Å². The van der Waals surface area contributed by atoms with Gasteiger partial charge in [-0.3, -0.25) is 4.90 Å². The molecule has 1 aliphatic rings. The summed E-state index contributed by atoms with van der Waals surface area (Å²) in [6.07, 6.45) is -2.25. The van der Waals surface area contributed by atoms with E-state index in [1.165, 1.54) is 0 Å². The van der Waals surface area contributed by atoms with Crippen LogP contribution in [0.5, 0.6) is 0 Å². The zero-order valence-electron chi connectivity index (χ0n) is 7.64. The Morgan fingerprint density at radius 3 is 2.62 bits per heavy atom. The summed E-state index contributed by atoms with van der Waals surface area (Å²) in [7, 11) is 0. The average molecular weight is 194 g/mol. The molecule has 0 radical (unpaired) electrons. The third kappa shape index (κ3) is 5.13. The van der Waals surface area contributed by atoms with Gasteiger partial charge >= 0.3 is 0 Å². The van der Waals surface area contributed by atoms with E-state index >= 15 is 0 Å². The van der Waals surface area contributed by atoms with Gasteiger partial charge in [0, 0.05) is 26.2 Å². The van der Waals surface area contributed by atoms with Crippen LogP contribution in [0.15, 0.2) is 0 Å². The largest absolute Gasteiger partial charge is 0.379 e. The lowest BCUT2D eigenvalue weighted by Gasteiger charge is -2.26. The fraction of sp³-hybridized carbons (Fsp3) is 1.00. The predicted octanol–water partition coefficient (Wildman–Crippen LogP) is 0.173. The number of rotatable bonds is 5. The van der Waals surface area contributed by atoms with E-state index in [0.29, 0.717) is 6.54 Å². The van der Waals surface area contributed by atoms with Gasteiger partial charge in [0.05, 0.1) is 19.8 Å². The van der Waals surface area contributed by atoms with Gasteiger partial charge in [-0.25, -0.2) is 8.78 Å². The first kappa shape index (κ1) is 10.8. The van der Waals surface area contributed by atoms with Gasteiger partial charge in [0.2, 0.25) is 0 Å². The van der Waals surface area contributed by atoms with Gasteiger partial charge in [-0.2, -0.15) is 0 Å². The number of alkyl halides is 2. The van der Waals surface area contributed by atoms with E-state index in [2.05, 4.69) is 10.2 Å². The molecule has 1 N–H and O–H groups in total. The number of hydrogen-bond donors (Lipinski definition) is 1. The summed E-state index contributed by atoms with van der Waals surface area (Å²) in [5, 5.41) is 2.70. The molecule has 0 aromatic rings. The topological polar surface area (TPSA) is 24.5 Å². The Morgan fingerprint density at radius 1 is 1.31 bits per heavy atom. The van der Waals surface area contributed by atoms with Gasteiger partial charge in [0.25, 0.3) is 6.43 Å². The second kappa shape index (κ2) is 6.23. The number of nitrogens with one attached hydrogen (secondary N) is 1. The number of halogens is 2. The van der Waals surface area contributed by atoms with Crippen molar-refractivity contribution in [1.29, 1.82) is 0 Å². The molecule has 0 spiro atoms. The first-order valence-corrected chi connectivity index (χ1v) is 4.58. The summed E-state index contributed by atoms with van der Waals surface area (Å²) in [6, 6.07) is 0. The lowest BCUT2D eigenvalue weighted by Crippen LogP contribution is -2.40. The van der Waals surface area contributed by atoms with E-state index in [9.17, 15) is 8.78 Å². The fourth-order valence-electron chi connectivity index (χ4n) is 1.27. The third-order valence-electron chi connectivity index (χ3n) is 2.01. The molecular weight excluding hydrogens is 178 g/mol. The Morgan fingerprint density at radius 2 is 2.00 bits per heavy atom. The maximum absolute atomic E-state index is 11.7. The molecule has 1 saturated heterocycles. The molecule has 1 aliphatic heterocycles. The monoisotopic (exact) mass is 194 g/mol. The smallest absolute Gasteiger partial charge is 0.250 e. The first-order valence-electron chi connectivity index (χ1n) is 4.58. The molecule has 1 rings (SSSR count). The van der Waals surface area contributed by atoms with Crippen molar-refractivity contribution in [3.05, 3.63) is 0 Å². The first-order chi connectivity index (χ1) is 6.29. The Balaban J connectivity index is 1.92. The van der Waals surface area contributed by atoms with Crippen molar-refractivity contribution in [2.45, 2.75) is 6.43 Å². The molecule has 1 heterocycles. The molecule has 1 fully saturated rings. The van der Waals surface area contributed by atoms with Crippen LogP contribution in [0.1, 0.15) is 0 Å². The molecule has 0 unspecified atom stereocenters. The van der Waals surface area contributed by atoms with Crippen LogP contribution in [-0.2, 0) is 4.74 Å². The van der Waals surface area contributed by atoms with Crippen LogP contribution in [0, 0.1) is 0 Å². The van der Waals surface area contributed by atoms with Crippen LogP contribution in [0.4, 0.5) is 8.78 Å². The Bertz CT molecular complexity index is 129. The summed E-state index contributed by atoms with van der Waals surface area (Å²) in [5.74, 6) is 0. The number of hydrogen-bond acceptors (Lipinski definition) is 3. The second-order valence-corrected chi connectivity index (χ2v) is 3.05. The maximum atomic E-state index is 11.7. The Labute approximate surface area is 77.0 Å². The summed E-state index contributed by atoms with van der Waals surface area (Å²) >= 11 is 0. The van der Waals surface area contributed by atoms with Gasteiger partial charge in [0.15, 0.2) is 0 Å². The second-order valence-electron chi connectivity index (χ2n) is 3.05. The molecule has 0 amide bonds. The highest BCUT2D eigenvalue weighted by molar-refractivity contribution is 4.63. The summed E-state index contributed by atoms with van der Waals surface area (Å²) in [4.78, 5) is 2.21. The molecule has 13 heavy (non-hydrogen) atoms. The highest BCUT2D eigenvalue weighted by Gasteiger charge is 2.09. The summed E-state index contributed by atoms with van der Waals surface area (Å²) in [5.41, 5.74) is 0. The van der Waals surface area contributed by atoms with Crippen LogP contribution >= 0.6 is 0 Å². The van der Waals surface area contributed by atoms with Crippen LogP contribution in [0.3, 0.4) is 0 Å². The van der Waals surface area contributed by atoms with Crippen molar-refractivity contribution in [1.82, 2.24) is 10.2 Å². The highest BCUT2D eigenvalue weighted by atomic mass is 19.3. The van der Waals surface area contributed by atoms with Crippen molar-refractivity contribution in [2.24, 2.45) is 0 Å². The molecule has 0 saturated carbocycles. The molecule has 0 bridgehead atoms. The molecule has 0 aliphatic carbocycles. The molecule has 0 aromatic heterocycles. The van der Waals surface area contributed by atoms with Crippen molar-refractivity contribution in [3.63, 3.8) is 0 Å². The van der Waals surface area contributed by atoms with Crippen LogP contribution in [-0.4, -0.2) is 57.3 Å². The SMILES string of the molecule is FC(F)CNCCN1CCOCC1. The predicted molar refractivity (Wildman–Crippen MR) is 46.1 cm³/mol. The number of nitrogens with zero attached hydrogens (tertiary/aromatic N) is 1. The summed E-state index contributed by atoms with van der Waals surface area (Å²) in [6.45, 7) is 4.60. The molecule has 3 nitrogen and oxygen atoms in total. The lowest BCUT2D eigenvalue weighted by atomic mass is 10.4. The fourth-order valence-corrected chi connectivity index (χ4v) is 1.27. The minimum atomic E-state index is -2.25. The van der Waals surface area contributed by atoms with E-state index in [4.69, 9.17) is 4.74 Å². The van der Waals surface area contributed by atoms with Crippen molar-refractivity contribution in [3.8, 4) is 0 Å². The quantitative estimate of drug-likeness (QED) is 0.632. The minimum absolute atomic E-state index is 0.204. The molecule has 78 valence electrons. The van der Waals surface area contributed by atoms with E-state index in [0.717, 1.165) is 32.8 Å². The van der Waals surface area contributed by atoms with Crippen LogP contribution < -0.4 is 5.32 Å². The zero-order valence-corrected chi connectivity index (χ0v) is 7.64. The number of ether oxygens (including phenoxy) is 1. The van der Waals surface area contributed by atoms with Gasteiger partial charge < -0.3 is 10.1 Å². The van der Waals surface area contributed by atoms with Crippen molar-refractivity contribution in [2.75, 3.05) is 45.9 Å². The minimum Gasteiger partial charge on any atom is -0.379 e. The standard InChI is InChI=1S/C8H16F2N2O/c9-8(10)7-11-1-2-12-3-5-13-6-4-12/h8,11H,1-7H2. The Hall–Kier alpha value is -0.260. The average Bonchev–Trinajstić information content (AvgIpc) is 2.14. The lowest BCUT2D eigenvalue weighted by molar-refractivity contribution is 0.0378. The molecule has 5 heteroatoms. The molecule has 0 aromatic carbocycles. The van der Waals surface area contributed by atoms with Gasteiger partial charge in [0.1, 0.15) is 0 Å². The van der Waals surface area contributed by atoms with Crippen LogP contribution in [0.2, 0.25) is 0 Å².